The topological polar surface area (TPSA) is 112 Å². The molecule has 1 fully saturated rings. The van der Waals surface area contributed by atoms with Crippen LogP contribution in [-0.2, 0) is 10.0 Å². The first-order valence-electron chi connectivity index (χ1n) is 5.77. The van der Waals surface area contributed by atoms with Crippen molar-refractivity contribution in [3.63, 3.8) is 0 Å². The summed E-state index contributed by atoms with van der Waals surface area (Å²) in [5.74, 6) is -1.15. The van der Waals surface area contributed by atoms with Gasteiger partial charge >= 0.3 is 5.97 Å². The van der Waals surface area contributed by atoms with Gasteiger partial charge in [-0.1, -0.05) is 0 Å². The van der Waals surface area contributed by atoms with Gasteiger partial charge in [0.15, 0.2) is 0 Å². The van der Waals surface area contributed by atoms with Crippen LogP contribution >= 0.6 is 0 Å². The maximum atomic E-state index is 11.9. The molecule has 2 rings (SSSR count). The third-order valence-electron chi connectivity index (χ3n) is 2.82. The Morgan fingerprint density at radius 2 is 2.26 bits per heavy atom. The lowest BCUT2D eigenvalue weighted by Gasteiger charge is -2.02. The second kappa shape index (κ2) is 5.03. The van der Waals surface area contributed by atoms with Crippen molar-refractivity contribution >= 4 is 16.0 Å². The Kier molecular flexibility index (Phi) is 3.59. The van der Waals surface area contributed by atoms with Crippen molar-refractivity contribution in [3.8, 4) is 6.07 Å². The minimum Gasteiger partial charge on any atom is -0.477 e. The van der Waals surface area contributed by atoms with E-state index in [1.54, 1.807) is 0 Å². The van der Waals surface area contributed by atoms with E-state index in [0.29, 0.717) is 0 Å². The van der Waals surface area contributed by atoms with Gasteiger partial charge < -0.3 is 9.67 Å². The molecule has 0 unspecified atom stereocenters. The molecule has 0 aromatic carbocycles. The smallest absolute Gasteiger partial charge is 0.352 e. The summed E-state index contributed by atoms with van der Waals surface area (Å²) in [5, 5.41) is 17.4. The number of hydrogen-bond acceptors (Lipinski definition) is 4. The molecule has 0 atom stereocenters. The molecule has 1 aromatic rings. The predicted molar refractivity (Wildman–Crippen MR) is 65.1 cm³/mol. The summed E-state index contributed by atoms with van der Waals surface area (Å²) < 4.78 is 27.6. The Hall–Kier alpha value is -1.85. The average molecular weight is 283 g/mol. The SMILES string of the molecule is N#CCCNS(=O)(=O)c1cc(C(=O)O)n(C2CC2)c1. The zero-order chi connectivity index (χ0) is 14.0. The van der Waals surface area contributed by atoms with Crippen LogP contribution in [0.25, 0.3) is 0 Å². The molecule has 2 N–H and O–H groups in total. The van der Waals surface area contributed by atoms with Gasteiger partial charge in [-0.15, -0.1) is 0 Å². The minimum absolute atomic E-state index is 0.00977. The number of hydrogen-bond donors (Lipinski definition) is 2. The molecule has 0 saturated heterocycles. The molecular formula is C11H13N3O4S. The van der Waals surface area contributed by atoms with Gasteiger partial charge in [0.25, 0.3) is 0 Å². The minimum atomic E-state index is -3.76. The molecule has 0 amide bonds. The molecular weight excluding hydrogens is 270 g/mol. The first-order chi connectivity index (χ1) is 8.95. The van der Waals surface area contributed by atoms with Crippen molar-refractivity contribution in [1.29, 1.82) is 5.26 Å². The normalized spacial score (nSPS) is 15.1. The van der Waals surface area contributed by atoms with Gasteiger partial charge in [0.1, 0.15) is 10.6 Å². The quantitative estimate of drug-likeness (QED) is 0.747. The number of carboxylic acids is 1. The monoisotopic (exact) mass is 283 g/mol. The van der Waals surface area contributed by atoms with Gasteiger partial charge in [-0.3, -0.25) is 0 Å². The molecule has 102 valence electrons. The van der Waals surface area contributed by atoms with Crippen LogP contribution in [0.3, 0.4) is 0 Å². The van der Waals surface area contributed by atoms with E-state index in [2.05, 4.69) is 4.72 Å². The Morgan fingerprint density at radius 1 is 1.58 bits per heavy atom. The third-order valence-corrected chi connectivity index (χ3v) is 4.25. The van der Waals surface area contributed by atoms with Crippen LogP contribution < -0.4 is 4.72 Å². The van der Waals surface area contributed by atoms with Crippen molar-refractivity contribution < 1.29 is 18.3 Å². The van der Waals surface area contributed by atoms with Gasteiger partial charge in [-0.05, 0) is 18.9 Å². The molecule has 1 aliphatic carbocycles. The van der Waals surface area contributed by atoms with Gasteiger partial charge in [0, 0.05) is 25.2 Å². The van der Waals surface area contributed by atoms with Crippen LogP contribution in [0.5, 0.6) is 0 Å². The van der Waals surface area contributed by atoms with E-state index in [1.165, 1.54) is 10.8 Å². The van der Waals surface area contributed by atoms with Gasteiger partial charge in [0.2, 0.25) is 10.0 Å². The Labute approximate surface area is 110 Å². The number of carboxylic acid groups (broad SMARTS) is 1. The average Bonchev–Trinajstić information content (AvgIpc) is 3.07. The summed E-state index contributed by atoms with van der Waals surface area (Å²) in [6.45, 7) is 0.00977. The van der Waals surface area contributed by atoms with Crippen molar-refractivity contribution in [3.05, 3.63) is 18.0 Å². The summed E-state index contributed by atoms with van der Waals surface area (Å²) in [4.78, 5) is 11.0. The standard InChI is InChI=1S/C11H13N3O4S/c12-4-1-5-13-19(17,18)9-6-10(11(15)16)14(7-9)8-2-3-8/h6-8,13H,1-3,5H2,(H,15,16). The Morgan fingerprint density at radius 3 is 2.79 bits per heavy atom. The number of nitrogens with zero attached hydrogens (tertiary/aromatic N) is 2. The van der Waals surface area contributed by atoms with E-state index in [0.717, 1.165) is 18.9 Å². The fourth-order valence-corrected chi connectivity index (χ4v) is 2.81. The molecule has 1 saturated carbocycles. The molecule has 0 aliphatic heterocycles. The highest BCUT2D eigenvalue weighted by Crippen LogP contribution is 2.37. The number of sulfonamides is 1. The fourth-order valence-electron chi connectivity index (χ4n) is 1.75. The molecule has 7 nitrogen and oxygen atoms in total. The van der Waals surface area contributed by atoms with Crippen LogP contribution in [-0.4, -0.2) is 30.6 Å². The lowest BCUT2D eigenvalue weighted by molar-refractivity contribution is 0.0685. The van der Waals surface area contributed by atoms with Crippen molar-refractivity contribution in [2.45, 2.75) is 30.2 Å². The first-order valence-corrected chi connectivity index (χ1v) is 7.26. The highest BCUT2D eigenvalue weighted by molar-refractivity contribution is 7.89. The van der Waals surface area contributed by atoms with E-state index in [1.807, 2.05) is 6.07 Å². The van der Waals surface area contributed by atoms with Gasteiger partial charge in [0.05, 0.1) is 6.07 Å². The first kappa shape index (κ1) is 13.6. The highest BCUT2D eigenvalue weighted by atomic mass is 32.2. The summed E-state index contributed by atoms with van der Waals surface area (Å²) in [7, 11) is -3.76. The molecule has 0 radical (unpaired) electrons. The van der Waals surface area contributed by atoms with E-state index < -0.39 is 16.0 Å². The second-order valence-electron chi connectivity index (χ2n) is 4.31. The summed E-state index contributed by atoms with van der Waals surface area (Å²) in [6.07, 6.45) is 3.12. The van der Waals surface area contributed by atoms with Crippen LogP contribution in [0.2, 0.25) is 0 Å². The fraction of sp³-hybridized carbons (Fsp3) is 0.455. The van der Waals surface area contributed by atoms with Crippen LogP contribution in [0.15, 0.2) is 17.2 Å². The molecule has 0 spiro atoms. The van der Waals surface area contributed by atoms with E-state index >= 15 is 0 Å². The van der Waals surface area contributed by atoms with Gasteiger partial charge in [-0.25, -0.2) is 17.9 Å². The highest BCUT2D eigenvalue weighted by Gasteiger charge is 2.30. The molecule has 19 heavy (non-hydrogen) atoms. The van der Waals surface area contributed by atoms with Crippen molar-refractivity contribution in [2.24, 2.45) is 0 Å². The third kappa shape index (κ3) is 2.94. The summed E-state index contributed by atoms with van der Waals surface area (Å²) in [6, 6.07) is 3.05. The number of nitriles is 1. The summed E-state index contributed by atoms with van der Waals surface area (Å²) in [5.41, 5.74) is -0.0249. The van der Waals surface area contributed by atoms with E-state index in [9.17, 15) is 13.2 Å². The van der Waals surface area contributed by atoms with Gasteiger partial charge in [-0.2, -0.15) is 5.26 Å². The molecule has 8 heteroatoms. The van der Waals surface area contributed by atoms with E-state index in [-0.39, 0.29) is 29.6 Å². The van der Waals surface area contributed by atoms with E-state index in [4.69, 9.17) is 10.4 Å². The van der Waals surface area contributed by atoms with Crippen molar-refractivity contribution in [1.82, 2.24) is 9.29 Å². The maximum absolute atomic E-state index is 11.9. The number of aromatic carboxylic acids is 1. The van der Waals surface area contributed by atoms with Crippen LogP contribution in [0.1, 0.15) is 35.8 Å². The maximum Gasteiger partial charge on any atom is 0.352 e. The van der Waals surface area contributed by atoms with Crippen LogP contribution in [0.4, 0.5) is 0 Å². The largest absolute Gasteiger partial charge is 0.477 e. The Bertz CT molecular complexity index is 637. The van der Waals surface area contributed by atoms with Crippen molar-refractivity contribution in [2.75, 3.05) is 6.54 Å². The zero-order valence-electron chi connectivity index (χ0n) is 10.0. The number of rotatable bonds is 6. The Balaban J connectivity index is 2.27. The number of nitrogens with one attached hydrogen (secondary N) is 1. The lowest BCUT2D eigenvalue weighted by atomic mass is 10.4. The predicted octanol–water partition coefficient (Wildman–Crippen LogP) is 0.713. The number of carbonyl (C=O) groups is 1. The lowest BCUT2D eigenvalue weighted by Crippen LogP contribution is -2.24. The molecule has 1 heterocycles. The zero-order valence-corrected chi connectivity index (χ0v) is 10.9. The molecule has 0 bridgehead atoms. The second-order valence-corrected chi connectivity index (χ2v) is 6.08. The molecule has 1 aliphatic rings. The summed E-state index contributed by atoms with van der Waals surface area (Å²) >= 11 is 0. The molecule has 1 aromatic heterocycles. The number of aromatic nitrogens is 1. The van der Waals surface area contributed by atoms with Crippen LogP contribution in [0, 0.1) is 11.3 Å².